The van der Waals surface area contributed by atoms with Crippen LogP contribution in [0.25, 0.3) is 11.1 Å². The van der Waals surface area contributed by atoms with Crippen molar-refractivity contribution in [1.29, 1.82) is 0 Å². The number of hydrogen-bond donors (Lipinski definition) is 0. The van der Waals surface area contributed by atoms with Gasteiger partial charge in [0.15, 0.2) is 0 Å². The van der Waals surface area contributed by atoms with Crippen LogP contribution in [-0.4, -0.2) is 26.8 Å². The monoisotopic (exact) mass is 314 g/mol. The molecule has 0 spiro atoms. The molecule has 0 N–H and O–H groups in total. The van der Waals surface area contributed by atoms with Crippen LogP contribution in [0, 0.1) is 0 Å². The zero-order chi connectivity index (χ0) is 16.4. The molecule has 1 aliphatic heterocycles. The molecular formula is C18H18O5. The Kier molecular flexibility index (Phi) is 4.10. The topological polar surface area (TPSA) is 54.0 Å². The Morgan fingerprint density at radius 2 is 1.70 bits per heavy atom. The third-order valence-corrected chi connectivity index (χ3v) is 3.76. The Morgan fingerprint density at radius 3 is 2.35 bits per heavy atom. The van der Waals surface area contributed by atoms with Gasteiger partial charge in [-0.05, 0) is 25.1 Å². The fraction of sp³-hybridized carbons (Fsp3) is 0.278. The Hall–Kier alpha value is -2.69. The van der Waals surface area contributed by atoms with Crippen molar-refractivity contribution < 1.29 is 23.7 Å². The molecular weight excluding hydrogens is 296 g/mol. The van der Waals surface area contributed by atoms with Gasteiger partial charge in [0.05, 0.1) is 26.4 Å². The van der Waals surface area contributed by atoms with Gasteiger partial charge in [0.1, 0.15) is 17.2 Å². The maximum Gasteiger partial charge on any atom is 0.352 e. The maximum atomic E-state index is 12.3. The zero-order valence-electron chi connectivity index (χ0n) is 13.3. The van der Waals surface area contributed by atoms with E-state index in [0.717, 1.165) is 11.1 Å². The second kappa shape index (κ2) is 6.20. The van der Waals surface area contributed by atoms with Crippen molar-refractivity contribution in [3.05, 3.63) is 42.0 Å². The SMILES string of the molecule is CCOC(=O)C1Oc2cccc(OC)c2-c2c(OC)cccc21. The number of fused-ring (bicyclic) bond motifs is 3. The number of esters is 1. The molecule has 1 aliphatic rings. The lowest BCUT2D eigenvalue weighted by atomic mass is 9.91. The van der Waals surface area contributed by atoms with Crippen LogP contribution >= 0.6 is 0 Å². The van der Waals surface area contributed by atoms with Crippen LogP contribution in [0.3, 0.4) is 0 Å². The average molecular weight is 314 g/mol. The molecule has 0 radical (unpaired) electrons. The van der Waals surface area contributed by atoms with Crippen molar-refractivity contribution in [2.45, 2.75) is 13.0 Å². The predicted octanol–water partition coefficient (Wildman–Crippen LogP) is 3.37. The van der Waals surface area contributed by atoms with E-state index in [4.69, 9.17) is 18.9 Å². The Balaban J connectivity index is 2.25. The molecule has 5 heteroatoms. The van der Waals surface area contributed by atoms with Crippen LogP contribution in [-0.2, 0) is 9.53 Å². The highest BCUT2D eigenvalue weighted by atomic mass is 16.6. The first kappa shape index (κ1) is 15.2. The minimum atomic E-state index is -0.820. The van der Waals surface area contributed by atoms with E-state index in [-0.39, 0.29) is 0 Å². The number of carbonyl (C=O) groups excluding carboxylic acids is 1. The van der Waals surface area contributed by atoms with Gasteiger partial charge in [0, 0.05) is 11.1 Å². The molecule has 0 saturated carbocycles. The molecule has 0 aromatic heterocycles. The predicted molar refractivity (Wildman–Crippen MR) is 85.0 cm³/mol. The molecule has 1 atom stereocenters. The van der Waals surface area contributed by atoms with Gasteiger partial charge in [0.25, 0.3) is 0 Å². The normalized spacial score (nSPS) is 15.0. The number of benzene rings is 2. The molecule has 1 heterocycles. The summed E-state index contributed by atoms with van der Waals surface area (Å²) in [5, 5.41) is 0. The van der Waals surface area contributed by atoms with Gasteiger partial charge in [-0.15, -0.1) is 0 Å². The number of methoxy groups -OCH3 is 2. The summed E-state index contributed by atoms with van der Waals surface area (Å²) in [5.74, 6) is 1.47. The van der Waals surface area contributed by atoms with Crippen molar-refractivity contribution in [3.63, 3.8) is 0 Å². The largest absolute Gasteiger partial charge is 0.496 e. The Morgan fingerprint density at radius 1 is 1.04 bits per heavy atom. The van der Waals surface area contributed by atoms with E-state index in [1.54, 1.807) is 27.2 Å². The summed E-state index contributed by atoms with van der Waals surface area (Å²) in [6, 6.07) is 11.0. The second-order valence-electron chi connectivity index (χ2n) is 5.01. The molecule has 0 amide bonds. The first-order valence-electron chi connectivity index (χ1n) is 7.38. The van der Waals surface area contributed by atoms with E-state index in [2.05, 4.69) is 0 Å². The summed E-state index contributed by atoms with van der Waals surface area (Å²) < 4.78 is 22.0. The number of rotatable bonds is 4. The number of ether oxygens (including phenoxy) is 4. The van der Waals surface area contributed by atoms with Gasteiger partial charge in [-0.1, -0.05) is 18.2 Å². The highest BCUT2D eigenvalue weighted by Gasteiger charge is 2.35. The summed E-state index contributed by atoms with van der Waals surface area (Å²) in [6.07, 6.45) is -0.820. The van der Waals surface area contributed by atoms with E-state index in [9.17, 15) is 4.79 Å². The van der Waals surface area contributed by atoms with E-state index in [0.29, 0.717) is 29.4 Å². The van der Waals surface area contributed by atoms with Crippen LogP contribution in [0.4, 0.5) is 0 Å². The second-order valence-corrected chi connectivity index (χ2v) is 5.01. The summed E-state index contributed by atoms with van der Waals surface area (Å²) in [7, 11) is 3.20. The molecule has 1 unspecified atom stereocenters. The van der Waals surface area contributed by atoms with Crippen LogP contribution < -0.4 is 14.2 Å². The van der Waals surface area contributed by atoms with E-state index in [1.807, 2.05) is 30.3 Å². The van der Waals surface area contributed by atoms with Crippen LogP contribution in [0.2, 0.25) is 0 Å². The quantitative estimate of drug-likeness (QED) is 0.810. The number of carbonyl (C=O) groups is 1. The third-order valence-electron chi connectivity index (χ3n) is 3.76. The molecule has 0 bridgehead atoms. The lowest BCUT2D eigenvalue weighted by Gasteiger charge is -2.29. The minimum Gasteiger partial charge on any atom is -0.496 e. The summed E-state index contributed by atoms with van der Waals surface area (Å²) in [5.41, 5.74) is 2.29. The molecule has 23 heavy (non-hydrogen) atoms. The van der Waals surface area contributed by atoms with Crippen LogP contribution in [0.15, 0.2) is 36.4 Å². The van der Waals surface area contributed by atoms with Crippen LogP contribution in [0.1, 0.15) is 18.6 Å². The Labute approximate surface area is 134 Å². The molecule has 2 aromatic rings. The fourth-order valence-electron chi connectivity index (χ4n) is 2.81. The fourth-order valence-corrected chi connectivity index (χ4v) is 2.81. The molecule has 0 saturated heterocycles. The van der Waals surface area contributed by atoms with Crippen molar-refractivity contribution >= 4 is 5.97 Å². The third kappa shape index (κ3) is 2.48. The molecule has 5 nitrogen and oxygen atoms in total. The van der Waals surface area contributed by atoms with Crippen LogP contribution in [0.5, 0.6) is 17.2 Å². The summed E-state index contributed by atoms with van der Waals surface area (Å²) in [4.78, 5) is 12.3. The first-order valence-corrected chi connectivity index (χ1v) is 7.38. The van der Waals surface area contributed by atoms with Crippen molar-refractivity contribution in [2.24, 2.45) is 0 Å². The lowest BCUT2D eigenvalue weighted by Crippen LogP contribution is -2.25. The van der Waals surface area contributed by atoms with Gasteiger partial charge in [-0.3, -0.25) is 0 Å². The van der Waals surface area contributed by atoms with Gasteiger partial charge in [-0.2, -0.15) is 0 Å². The molecule has 2 aromatic carbocycles. The van der Waals surface area contributed by atoms with E-state index in [1.165, 1.54) is 0 Å². The van der Waals surface area contributed by atoms with E-state index >= 15 is 0 Å². The standard InChI is InChI=1S/C18H18O5/c1-4-22-18(19)17-11-7-5-8-12(20-2)15(11)16-13(21-3)9-6-10-14(16)23-17/h5-10,17H,4H2,1-3H3. The molecule has 120 valence electrons. The highest BCUT2D eigenvalue weighted by Crippen LogP contribution is 2.50. The minimum absolute atomic E-state index is 0.295. The molecule has 0 aliphatic carbocycles. The van der Waals surface area contributed by atoms with Gasteiger partial charge in [0.2, 0.25) is 6.10 Å². The summed E-state index contributed by atoms with van der Waals surface area (Å²) >= 11 is 0. The van der Waals surface area contributed by atoms with Gasteiger partial charge in [-0.25, -0.2) is 4.79 Å². The summed E-state index contributed by atoms with van der Waals surface area (Å²) in [6.45, 7) is 2.06. The van der Waals surface area contributed by atoms with Crippen molar-refractivity contribution in [1.82, 2.24) is 0 Å². The number of hydrogen-bond acceptors (Lipinski definition) is 5. The van der Waals surface area contributed by atoms with Gasteiger partial charge >= 0.3 is 5.97 Å². The lowest BCUT2D eigenvalue weighted by molar-refractivity contribution is -0.151. The smallest absolute Gasteiger partial charge is 0.352 e. The average Bonchev–Trinajstić information content (AvgIpc) is 2.59. The highest BCUT2D eigenvalue weighted by molar-refractivity contribution is 5.90. The molecule has 3 rings (SSSR count). The molecule has 0 fully saturated rings. The Bertz CT molecular complexity index is 738. The first-order chi connectivity index (χ1) is 11.2. The van der Waals surface area contributed by atoms with Gasteiger partial charge < -0.3 is 18.9 Å². The van der Waals surface area contributed by atoms with Crippen molar-refractivity contribution in [2.75, 3.05) is 20.8 Å². The maximum absolute atomic E-state index is 12.3. The van der Waals surface area contributed by atoms with E-state index < -0.39 is 12.1 Å². The van der Waals surface area contributed by atoms with Crippen molar-refractivity contribution in [3.8, 4) is 28.4 Å². The zero-order valence-corrected chi connectivity index (χ0v) is 13.3.